The fraction of sp³-hybridized carbons (Fsp3) is 0.286. The van der Waals surface area contributed by atoms with Crippen LogP contribution in [-0.4, -0.2) is 27.9 Å². The molecule has 1 aromatic heterocycles. The summed E-state index contributed by atoms with van der Waals surface area (Å²) >= 11 is 3.53. The number of nitrogen functional groups attached to an aromatic ring is 1. The topological polar surface area (TPSA) is 84.4 Å². The smallest absolute Gasteiger partial charge is 0.335 e. The van der Waals surface area contributed by atoms with Gasteiger partial charge in [-0.05, 0) is 41.1 Å². The van der Waals surface area contributed by atoms with Gasteiger partial charge in [0.15, 0.2) is 0 Å². The van der Waals surface area contributed by atoms with Crippen molar-refractivity contribution in [2.75, 3.05) is 17.7 Å². The zero-order chi connectivity index (χ0) is 15.7. The van der Waals surface area contributed by atoms with Crippen LogP contribution in [0.2, 0.25) is 0 Å². The molecule has 0 saturated heterocycles. The van der Waals surface area contributed by atoms with Gasteiger partial charge in [0.1, 0.15) is 0 Å². The highest BCUT2D eigenvalue weighted by atomic mass is 79.9. The Labute approximate surface area is 131 Å². The Morgan fingerprint density at radius 1 is 1.52 bits per heavy atom. The number of rotatable bonds is 4. The number of anilines is 2. The van der Waals surface area contributed by atoms with Crippen LogP contribution in [0.3, 0.4) is 0 Å². The molecule has 112 valence electrons. The summed E-state index contributed by atoms with van der Waals surface area (Å²) in [5, 5.41) is 13.3. The average molecular weight is 353 g/mol. The van der Waals surface area contributed by atoms with Crippen molar-refractivity contribution in [1.82, 2.24) is 9.78 Å². The highest BCUT2D eigenvalue weighted by molar-refractivity contribution is 9.10. The van der Waals surface area contributed by atoms with Crippen LogP contribution in [0.5, 0.6) is 0 Å². The predicted octanol–water partition coefficient (Wildman–Crippen LogP) is 2.41. The monoisotopic (exact) mass is 352 g/mol. The van der Waals surface area contributed by atoms with E-state index < -0.39 is 5.97 Å². The van der Waals surface area contributed by atoms with E-state index in [9.17, 15) is 4.79 Å². The van der Waals surface area contributed by atoms with Crippen molar-refractivity contribution in [2.24, 2.45) is 7.05 Å². The first-order valence-corrected chi connectivity index (χ1v) is 7.12. The molecule has 0 atom stereocenters. The summed E-state index contributed by atoms with van der Waals surface area (Å²) in [6, 6.07) is 4.74. The van der Waals surface area contributed by atoms with Crippen molar-refractivity contribution in [3.63, 3.8) is 0 Å². The first-order chi connectivity index (χ1) is 9.81. The predicted molar refractivity (Wildman–Crippen MR) is 85.6 cm³/mol. The van der Waals surface area contributed by atoms with Gasteiger partial charge in [0.2, 0.25) is 0 Å². The summed E-state index contributed by atoms with van der Waals surface area (Å²) in [5.74, 6) is -0.985. The summed E-state index contributed by atoms with van der Waals surface area (Å²) in [6.45, 7) is 2.54. The molecule has 1 heterocycles. The van der Waals surface area contributed by atoms with Crippen molar-refractivity contribution in [1.29, 1.82) is 0 Å². The highest BCUT2D eigenvalue weighted by Gasteiger charge is 2.15. The number of halogens is 1. The van der Waals surface area contributed by atoms with Crippen LogP contribution in [0.15, 0.2) is 22.7 Å². The minimum atomic E-state index is -0.985. The second-order valence-corrected chi connectivity index (χ2v) is 5.70. The van der Waals surface area contributed by atoms with Crippen molar-refractivity contribution in [2.45, 2.75) is 13.5 Å². The fourth-order valence-electron chi connectivity index (χ4n) is 2.20. The highest BCUT2D eigenvalue weighted by Crippen LogP contribution is 2.27. The van der Waals surface area contributed by atoms with E-state index in [-0.39, 0.29) is 5.56 Å². The Balaban J connectivity index is 2.28. The zero-order valence-corrected chi connectivity index (χ0v) is 13.7. The van der Waals surface area contributed by atoms with Crippen molar-refractivity contribution < 1.29 is 9.90 Å². The van der Waals surface area contributed by atoms with E-state index in [0.717, 1.165) is 21.5 Å². The molecular weight excluding hydrogens is 336 g/mol. The number of hydrogen-bond acceptors (Lipinski definition) is 4. The Morgan fingerprint density at radius 2 is 2.19 bits per heavy atom. The number of nitrogens with zero attached hydrogens (tertiary/aromatic N) is 3. The lowest BCUT2D eigenvalue weighted by Gasteiger charge is -2.21. The van der Waals surface area contributed by atoms with Gasteiger partial charge in [-0.2, -0.15) is 5.10 Å². The molecule has 6 nitrogen and oxygen atoms in total. The molecule has 7 heteroatoms. The molecule has 21 heavy (non-hydrogen) atoms. The molecule has 0 unspecified atom stereocenters. The number of aromatic nitrogens is 2. The quantitative estimate of drug-likeness (QED) is 0.825. The summed E-state index contributed by atoms with van der Waals surface area (Å²) in [6.07, 6.45) is 0. The summed E-state index contributed by atoms with van der Waals surface area (Å²) < 4.78 is 2.79. The number of hydrogen-bond donors (Lipinski definition) is 2. The lowest BCUT2D eigenvalue weighted by molar-refractivity contribution is 0.0697. The molecule has 0 aliphatic carbocycles. The van der Waals surface area contributed by atoms with Gasteiger partial charge in [-0.25, -0.2) is 4.79 Å². The molecule has 0 bridgehead atoms. The maximum absolute atomic E-state index is 10.9. The van der Waals surface area contributed by atoms with E-state index >= 15 is 0 Å². The van der Waals surface area contributed by atoms with Gasteiger partial charge in [-0.15, -0.1) is 0 Å². The number of benzene rings is 1. The maximum atomic E-state index is 10.9. The van der Waals surface area contributed by atoms with Crippen molar-refractivity contribution in [3.05, 3.63) is 39.6 Å². The van der Waals surface area contributed by atoms with Crippen LogP contribution in [0.4, 0.5) is 11.4 Å². The van der Waals surface area contributed by atoms with Gasteiger partial charge < -0.3 is 15.7 Å². The molecular formula is C14H17BrN4O2. The number of carboxylic acid groups (broad SMARTS) is 1. The number of aryl methyl sites for hydroxylation is 2. The van der Waals surface area contributed by atoms with E-state index in [1.54, 1.807) is 12.1 Å². The largest absolute Gasteiger partial charge is 0.478 e. The van der Waals surface area contributed by atoms with Crippen LogP contribution >= 0.6 is 15.9 Å². The lowest BCUT2D eigenvalue weighted by Crippen LogP contribution is -2.20. The molecule has 0 radical (unpaired) electrons. The normalized spacial score (nSPS) is 10.7. The molecule has 1 aromatic carbocycles. The van der Waals surface area contributed by atoms with Crippen LogP contribution in [0.25, 0.3) is 0 Å². The Kier molecular flexibility index (Phi) is 4.22. The first-order valence-electron chi connectivity index (χ1n) is 6.33. The van der Waals surface area contributed by atoms with Gasteiger partial charge in [0, 0.05) is 14.1 Å². The molecule has 2 aromatic rings. The van der Waals surface area contributed by atoms with Crippen LogP contribution in [0.1, 0.15) is 21.7 Å². The third-order valence-corrected chi connectivity index (χ3v) is 4.37. The SMILES string of the molecule is Cc1nn(C)c(CN(C)c2ccc(C(=O)O)cc2N)c1Br. The molecule has 0 aliphatic rings. The van der Waals surface area contributed by atoms with Gasteiger partial charge in [-0.3, -0.25) is 4.68 Å². The molecule has 0 amide bonds. The third kappa shape index (κ3) is 3.02. The number of nitrogens with two attached hydrogens (primary N) is 1. The van der Waals surface area contributed by atoms with Crippen LogP contribution in [0, 0.1) is 6.92 Å². The van der Waals surface area contributed by atoms with Gasteiger partial charge >= 0.3 is 5.97 Å². The summed E-state index contributed by atoms with van der Waals surface area (Å²) in [4.78, 5) is 12.9. The first kappa shape index (κ1) is 15.4. The minimum absolute atomic E-state index is 0.183. The number of carboxylic acids is 1. The lowest BCUT2D eigenvalue weighted by atomic mass is 10.1. The number of carbonyl (C=O) groups is 1. The van der Waals surface area contributed by atoms with E-state index in [1.165, 1.54) is 6.07 Å². The zero-order valence-electron chi connectivity index (χ0n) is 12.1. The summed E-state index contributed by atoms with van der Waals surface area (Å²) in [7, 11) is 3.79. The molecule has 2 rings (SSSR count). The molecule has 0 spiro atoms. The summed E-state index contributed by atoms with van der Waals surface area (Å²) in [5.41, 5.74) is 9.31. The second-order valence-electron chi connectivity index (χ2n) is 4.90. The van der Waals surface area contributed by atoms with E-state index in [2.05, 4.69) is 21.0 Å². The minimum Gasteiger partial charge on any atom is -0.478 e. The van der Waals surface area contributed by atoms with E-state index in [4.69, 9.17) is 10.8 Å². The fourth-order valence-corrected chi connectivity index (χ4v) is 2.66. The van der Waals surface area contributed by atoms with Crippen LogP contribution in [-0.2, 0) is 13.6 Å². The maximum Gasteiger partial charge on any atom is 0.335 e. The Morgan fingerprint density at radius 3 is 2.67 bits per heavy atom. The van der Waals surface area contributed by atoms with Gasteiger partial charge in [0.25, 0.3) is 0 Å². The van der Waals surface area contributed by atoms with E-state index in [1.807, 2.05) is 30.6 Å². The molecule has 3 N–H and O–H groups in total. The van der Waals surface area contributed by atoms with Gasteiger partial charge in [0.05, 0.1) is 39.3 Å². The second kappa shape index (κ2) is 5.77. The van der Waals surface area contributed by atoms with E-state index in [0.29, 0.717) is 12.2 Å². The average Bonchev–Trinajstić information content (AvgIpc) is 2.65. The van der Waals surface area contributed by atoms with Gasteiger partial charge in [-0.1, -0.05) is 0 Å². The third-order valence-electron chi connectivity index (χ3n) is 3.33. The molecule has 0 fully saturated rings. The molecule has 0 saturated carbocycles. The standard InChI is InChI=1S/C14H17BrN4O2/c1-8-13(15)12(19(3)17-8)7-18(2)11-5-4-9(14(20)21)6-10(11)16/h4-6H,7,16H2,1-3H3,(H,20,21). The van der Waals surface area contributed by atoms with Crippen molar-refractivity contribution >= 4 is 33.3 Å². The Hall–Kier alpha value is -2.02. The van der Waals surface area contributed by atoms with Crippen molar-refractivity contribution in [3.8, 4) is 0 Å². The van der Waals surface area contributed by atoms with Crippen LogP contribution < -0.4 is 10.6 Å². The molecule has 0 aliphatic heterocycles. The number of aromatic carboxylic acids is 1. The Bertz CT molecular complexity index is 697.